The minimum atomic E-state index is -0.336. The van der Waals surface area contributed by atoms with E-state index in [1.165, 1.54) is 0 Å². The lowest BCUT2D eigenvalue weighted by atomic mass is 10.4. The molecule has 0 radical (unpaired) electrons. The number of carbonyl (C=O) groups is 3. The van der Waals surface area contributed by atoms with Crippen LogP contribution in [-0.2, 0) is 19.1 Å². The third-order valence-corrected chi connectivity index (χ3v) is 2.58. The molecule has 0 spiro atoms. The highest BCUT2D eigenvalue weighted by atomic mass is 32.2. The number of imide groups is 1. The molecular weight excluding hydrogens is 206 g/mol. The summed E-state index contributed by atoms with van der Waals surface area (Å²) in [6, 6.07) is 0. The molecule has 1 heterocycles. The first kappa shape index (κ1) is 11.0. The summed E-state index contributed by atoms with van der Waals surface area (Å²) in [5, 5.41) is 0. The van der Waals surface area contributed by atoms with Gasteiger partial charge in [0.1, 0.15) is 0 Å². The van der Waals surface area contributed by atoms with Gasteiger partial charge in [0.05, 0.1) is 0 Å². The standard InChI is InChI=1S/C8H11NO4S/c1-2-8(12)13-5-14-9-6(10)3-4-7(9)11/h2-5H2,1H3. The summed E-state index contributed by atoms with van der Waals surface area (Å²) >= 11 is 0.935. The van der Waals surface area contributed by atoms with Crippen LogP contribution in [0.5, 0.6) is 0 Å². The molecular formula is C8H11NO4S. The molecule has 0 N–H and O–H groups in total. The number of amides is 2. The molecule has 0 atom stereocenters. The largest absolute Gasteiger partial charge is 0.453 e. The fourth-order valence-corrected chi connectivity index (χ4v) is 1.71. The summed E-state index contributed by atoms with van der Waals surface area (Å²) in [6.07, 6.45) is 0.809. The van der Waals surface area contributed by atoms with Crippen LogP contribution < -0.4 is 0 Å². The maximum absolute atomic E-state index is 11.1. The van der Waals surface area contributed by atoms with Crippen molar-refractivity contribution in [2.24, 2.45) is 0 Å². The summed E-state index contributed by atoms with van der Waals surface area (Å²) in [5.41, 5.74) is 0. The summed E-state index contributed by atoms with van der Waals surface area (Å²) < 4.78 is 5.79. The van der Waals surface area contributed by atoms with Gasteiger partial charge in [-0.1, -0.05) is 6.92 Å². The smallest absolute Gasteiger partial charge is 0.306 e. The molecule has 1 aliphatic rings. The molecule has 14 heavy (non-hydrogen) atoms. The number of rotatable bonds is 4. The van der Waals surface area contributed by atoms with Crippen molar-refractivity contribution in [2.45, 2.75) is 26.2 Å². The Labute approximate surface area is 85.9 Å². The Hall–Kier alpha value is -1.04. The van der Waals surface area contributed by atoms with E-state index in [2.05, 4.69) is 0 Å². The predicted molar refractivity (Wildman–Crippen MR) is 49.9 cm³/mol. The first-order chi connectivity index (χ1) is 6.65. The van der Waals surface area contributed by atoms with Crippen LogP contribution in [0.15, 0.2) is 0 Å². The highest BCUT2D eigenvalue weighted by Crippen LogP contribution is 2.21. The van der Waals surface area contributed by atoms with E-state index in [1.54, 1.807) is 6.92 Å². The maximum Gasteiger partial charge on any atom is 0.306 e. The maximum atomic E-state index is 11.1. The molecule has 0 aliphatic carbocycles. The Kier molecular flexibility index (Phi) is 3.94. The van der Waals surface area contributed by atoms with Crippen LogP contribution in [0.4, 0.5) is 0 Å². The van der Waals surface area contributed by atoms with Crippen LogP contribution in [-0.4, -0.2) is 28.0 Å². The average molecular weight is 217 g/mol. The van der Waals surface area contributed by atoms with Gasteiger partial charge >= 0.3 is 5.97 Å². The Morgan fingerprint density at radius 2 is 2.00 bits per heavy atom. The molecule has 0 aromatic rings. The van der Waals surface area contributed by atoms with E-state index < -0.39 is 0 Å². The molecule has 0 bridgehead atoms. The third kappa shape index (κ3) is 2.73. The summed E-state index contributed by atoms with van der Waals surface area (Å²) in [5.74, 6) is -0.749. The van der Waals surface area contributed by atoms with Gasteiger partial charge in [-0.2, -0.15) is 0 Å². The van der Waals surface area contributed by atoms with Crippen LogP contribution in [0, 0.1) is 0 Å². The Bertz CT molecular complexity index is 250. The van der Waals surface area contributed by atoms with Crippen molar-refractivity contribution >= 4 is 29.7 Å². The van der Waals surface area contributed by atoms with Gasteiger partial charge in [0.25, 0.3) is 0 Å². The molecule has 0 aromatic carbocycles. The number of hydrogen-bond donors (Lipinski definition) is 0. The summed E-state index contributed by atoms with van der Waals surface area (Å²) in [6.45, 7) is 1.68. The van der Waals surface area contributed by atoms with Crippen molar-refractivity contribution in [3.8, 4) is 0 Å². The monoisotopic (exact) mass is 217 g/mol. The number of carbonyl (C=O) groups excluding carboxylic acids is 3. The van der Waals surface area contributed by atoms with E-state index in [1.807, 2.05) is 0 Å². The minimum Gasteiger partial charge on any atom is -0.453 e. The third-order valence-electron chi connectivity index (χ3n) is 1.70. The molecule has 0 aromatic heterocycles. The van der Waals surface area contributed by atoms with Crippen LogP contribution in [0.1, 0.15) is 26.2 Å². The van der Waals surface area contributed by atoms with Crippen LogP contribution >= 0.6 is 11.9 Å². The van der Waals surface area contributed by atoms with Crippen molar-refractivity contribution in [2.75, 3.05) is 5.94 Å². The number of esters is 1. The topological polar surface area (TPSA) is 63.7 Å². The highest BCUT2D eigenvalue weighted by molar-refractivity contribution is 7.97. The number of nitrogens with zero attached hydrogens (tertiary/aromatic N) is 1. The molecule has 5 nitrogen and oxygen atoms in total. The lowest BCUT2D eigenvalue weighted by Gasteiger charge is -2.11. The Morgan fingerprint density at radius 3 is 2.50 bits per heavy atom. The average Bonchev–Trinajstić information content (AvgIpc) is 2.48. The van der Waals surface area contributed by atoms with Crippen molar-refractivity contribution in [1.29, 1.82) is 0 Å². The zero-order valence-electron chi connectivity index (χ0n) is 7.82. The van der Waals surface area contributed by atoms with Gasteiger partial charge in [-0.05, 0) is 0 Å². The molecule has 1 aliphatic heterocycles. The van der Waals surface area contributed by atoms with Gasteiger partial charge in [-0.3, -0.25) is 14.4 Å². The van der Waals surface area contributed by atoms with Crippen molar-refractivity contribution < 1.29 is 19.1 Å². The number of hydrogen-bond acceptors (Lipinski definition) is 5. The molecule has 0 saturated carbocycles. The van der Waals surface area contributed by atoms with Crippen molar-refractivity contribution in [3.05, 3.63) is 0 Å². The first-order valence-corrected chi connectivity index (χ1v) is 5.23. The van der Waals surface area contributed by atoms with E-state index in [0.29, 0.717) is 6.42 Å². The molecule has 0 unspecified atom stereocenters. The van der Waals surface area contributed by atoms with E-state index in [-0.39, 0.29) is 36.6 Å². The van der Waals surface area contributed by atoms with Crippen molar-refractivity contribution in [3.63, 3.8) is 0 Å². The summed E-state index contributed by atoms with van der Waals surface area (Å²) in [7, 11) is 0. The second kappa shape index (κ2) is 4.99. The van der Waals surface area contributed by atoms with Gasteiger partial charge in [0.2, 0.25) is 11.8 Å². The fraction of sp³-hybridized carbons (Fsp3) is 0.625. The second-order valence-electron chi connectivity index (χ2n) is 2.70. The SMILES string of the molecule is CCC(=O)OCSN1C(=O)CCC1=O. The van der Waals surface area contributed by atoms with Gasteiger partial charge < -0.3 is 4.74 Å². The molecule has 1 rings (SSSR count). The quantitative estimate of drug-likeness (QED) is 0.300. The lowest BCUT2D eigenvalue weighted by molar-refractivity contribution is -0.141. The molecule has 1 saturated heterocycles. The first-order valence-electron chi connectivity index (χ1n) is 4.29. The van der Waals surface area contributed by atoms with E-state index in [4.69, 9.17) is 4.74 Å². The second-order valence-corrected chi connectivity index (χ2v) is 3.56. The van der Waals surface area contributed by atoms with E-state index >= 15 is 0 Å². The van der Waals surface area contributed by atoms with Gasteiger partial charge in [0, 0.05) is 31.2 Å². The Morgan fingerprint density at radius 1 is 1.43 bits per heavy atom. The molecule has 2 amide bonds. The normalized spacial score (nSPS) is 16.2. The van der Waals surface area contributed by atoms with Gasteiger partial charge in [-0.25, -0.2) is 4.31 Å². The van der Waals surface area contributed by atoms with Crippen LogP contribution in [0.3, 0.4) is 0 Å². The van der Waals surface area contributed by atoms with Gasteiger partial charge in [0.15, 0.2) is 5.94 Å². The zero-order valence-corrected chi connectivity index (χ0v) is 8.63. The van der Waals surface area contributed by atoms with Gasteiger partial charge in [-0.15, -0.1) is 0 Å². The fourth-order valence-electron chi connectivity index (χ4n) is 0.947. The van der Waals surface area contributed by atoms with E-state index in [0.717, 1.165) is 16.3 Å². The highest BCUT2D eigenvalue weighted by Gasteiger charge is 2.29. The lowest BCUT2D eigenvalue weighted by Crippen LogP contribution is -2.22. The van der Waals surface area contributed by atoms with E-state index in [9.17, 15) is 14.4 Å². The predicted octanol–water partition coefficient (Wildman–Crippen LogP) is 0.694. The van der Waals surface area contributed by atoms with Crippen LogP contribution in [0.25, 0.3) is 0 Å². The molecule has 6 heteroatoms. The zero-order chi connectivity index (χ0) is 10.6. The summed E-state index contributed by atoms with van der Waals surface area (Å²) in [4.78, 5) is 32.9. The molecule has 78 valence electrons. The van der Waals surface area contributed by atoms with Crippen molar-refractivity contribution in [1.82, 2.24) is 4.31 Å². The van der Waals surface area contributed by atoms with Crippen LogP contribution in [0.2, 0.25) is 0 Å². The molecule has 1 fully saturated rings. The Balaban J connectivity index is 2.27. The number of ether oxygens (including phenoxy) is 1. The minimum absolute atomic E-state index is 0.0180.